The molecule has 15 heavy (non-hydrogen) atoms. The molecule has 0 N–H and O–H groups in total. The zero-order chi connectivity index (χ0) is 10.6. The van der Waals surface area contributed by atoms with Crippen molar-refractivity contribution in [3.05, 3.63) is 5.82 Å². The van der Waals surface area contributed by atoms with E-state index in [1.807, 2.05) is 6.92 Å². The maximum atomic E-state index is 11.2. The van der Waals surface area contributed by atoms with Gasteiger partial charge < -0.3 is 14.0 Å². The first-order valence-corrected chi connectivity index (χ1v) is 5.24. The van der Waals surface area contributed by atoms with E-state index < -0.39 is 6.55 Å². The van der Waals surface area contributed by atoms with Gasteiger partial charge in [0.2, 0.25) is 0 Å². The van der Waals surface area contributed by atoms with Crippen molar-refractivity contribution in [3.8, 4) is 0 Å². The minimum Gasteiger partial charge on any atom is -0.612 e. The van der Waals surface area contributed by atoms with Crippen LogP contribution >= 0.6 is 0 Å². The molecule has 3 rings (SSSR count). The molecule has 3 heterocycles. The van der Waals surface area contributed by atoms with Gasteiger partial charge in [-0.2, -0.15) is 0 Å². The number of hydrogen-bond donors (Lipinski definition) is 0. The quantitative estimate of drug-likeness (QED) is 0.368. The zero-order valence-electron chi connectivity index (χ0n) is 8.39. The molecule has 0 aliphatic carbocycles. The molecule has 1 unspecified atom stereocenters. The third-order valence-corrected chi connectivity index (χ3v) is 3.38. The molecule has 3 aliphatic rings. The number of epoxide rings is 1. The first-order valence-electron chi connectivity index (χ1n) is 5.24. The Balaban J connectivity index is 1.88. The van der Waals surface area contributed by atoms with Crippen LogP contribution in [0.3, 0.4) is 0 Å². The van der Waals surface area contributed by atoms with Crippen molar-refractivity contribution in [2.75, 3.05) is 0 Å². The van der Waals surface area contributed by atoms with Gasteiger partial charge >= 0.3 is 18.5 Å². The standard InChI is InChI=1S/C9H11BO5/c1-2-6-9(13-6)10-5(3-7(11)14-10)4-8(12)15-10/h6,9H,2-4H2,1H3/t6-,9?/m0/s1. The minimum atomic E-state index is -1.90. The number of ether oxygens (including phenoxy) is 1. The Hall–Kier alpha value is -1.17. The number of carbonyl (C=O) groups excluding carboxylic acids is 2. The van der Waals surface area contributed by atoms with E-state index in [1.165, 1.54) is 0 Å². The highest BCUT2D eigenvalue weighted by atomic mass is 16.7. The Bertz CT molecular complexity index is 321. The summed E-state index contributed by atoms with van der Waals surface area (Å²) in [7, 11) is 0. The summed E-state index contributed by atoms with van der Waals surface area (Å²) in [4.78, 5) is 22.4. The Morgan fingerprint density at radius 3 is 2.40 bits per heavy atom. The fraction of sp³-hybridized carbons (Fsp3) is 0.667. The molecule has 3 saturated heterocycles. The second-order valence-corrected chi connectivity index (χ2v) is 4.31. The van der Waals surface area contributed by atoms with Crippen molar-refractivity contribution in [1.29, 1.82) is 0 Å². The van der Waals surface area contributed by atoms with Crippen molar-refractivity contribution in [2.45, 2.75) is 38.3 Å². The second kappa shape index (κ2) is 2.69. The zero-order valence-corrected chi connectivity index (χ0v) is 8.39. The minimum absolute atomic E-state index is 0.0665. The van der Waals surface area contributed by atoms with Crippen LogP contribution in [0.25, 0.3) is 0 Å². The maximum Gasteiger partial charge on any atom is 0.589 e. The van der Waals surface area contributed by atoms with Gasteiger partial charge in [0.05, 0.1) is 12.1 Å². The summed E-state index contributed by atoms with van der Waals surface area (Å²) in [5, 5.41) is 0. The average Bonchev–Trinajstić information content (AvgIpc) is 2.81. The molecule has 3 fully saturated rings. The second-order valence-electron chi connectivity index (χ2n) is 4.31. The third-order valence-electron chi connectivity index (χ3n) is 3.38. The molecular weight excluding hydrogens is 199 g/mol. The number of fused-ring (bicyclic) bond motifs is 1. The molecule has 0 amide bonds. The van der Waals surface area contributed by atoms with Crippen LogP contribution in [0, 0.1) is 5.82 Å². The van der Waals surface area contributed by atoms with Crippen LogP contribution in [0.4, 0.5) is 0 Å². The number of hydrogen-bond acceptors (Lipinski definition) is 5. The fourth-order valence-electron chi connectivity index (χ4n) is 2.62. The summed E-state index contributed by atoms with van der Waals surface area (Å²) in [6, 6.07) is -0.220. The van der Waals surface area contributed by atoms with Crippen LogP contribution < -0.4 is 0 Å². The van der Waals surface area contributed by atoms with E-state index >= 15 is 0 Å². The van der Waals surface area contributed by atoms with Gasteiger partial charge in [-0.05, 0) is 6.42 Å². The van der Waals surface area contributed by atoms with Gasteiger partial charge in [0.1, 0.15) is 12.8 Å². The van der Waals surface area contributed by atoms with Crippen molar-refractivity contribution in [2.24, 2.45) is 0 Å². The lowest BCUT2D eigenvalue weighted by atomic mass is 9.45. The molecule has 0 saturated carbocycles. The normalized spacial score (nSPS) is 36.2. The number of carbonyl (C=O) groups is 2. The summed E-state index contributed by atoms with van der Waals surface area (Å²) in [6.45, 7) is 0.0954. The van der Waals surface area contributed by atoms with Gasteiger partial charge in [-0.25, -0.2) is 0 Å². The maximum absolute atomic E-state index is 11.2. The average molecular weight is 210 g/mol. The lowest BCUT2D eigenvalue weighted by Crippen LogP contribution is -2.47. The lowest BCUT2D eigenvalue weighted by molar-refractivity contribution is -0.138. The number of rotatable bonds is 2. The molecule has 2 atom stereocenters. The third kappa shape index (κ3) is 1.11. The summed E-state index contributed by atoms with van der Waals surface area (Å²) in [6.07, 6.45) is 1.33. The monoisotopic (exact) mass is 210 g/mol. The Morgan fingerprint density at radius 2 is 1.93 bits per heavy atom. The van der Waals surface area contributed by atoms with Crippen molar-refractivity contribution in [1.82, 2.24) is 0 Å². The van der Waals surface area contributed by atoms with Gasteiger partial charge in [0, 0.05) is 5.82 Å². The molecule has 0 aromatic rings. The molecule has 0 spiro atoms. The molecule has 80 valence electrons. The topological polar surface area (TPSA) is 65.1 Å². The highest BCUT2D eigenvalue weighted by Crippen LogP contribution is 2.49. The summed E-state index contributed by atoms with van der Waals surface area (Å²) in [5.74, 6) is 0.177. The van der Waals surface area contributed by atoms with Crippen LogP contribution in [-0.4, -0.2) is 30.6 Å². The van der Waals surface area contributed by atoms with E-state index in [2.05, 4.69) is 0 Å². The van der Waals surface area contributed by atoms with Crippen molar-refractivity contribution in [3.63, 3.8) is 0 Å². The first-order chi connectivity index (χ1) is 7.15. The smallest absolute Gasteiger partial charge is 0.589 e. The van der Waals surface area contributed by atoms with E-state index in [1.54, 1.807) is 0 Å². The molecule has 0 bridgehead atoms. The lowest BCUT2D eigenvalue weighted by Gasteiger charge is -2.22. The van der Waals surface area contributed by atoms with E-state index in [0.29, 0.717) is 0 Å². The van der Waals surface area contributed by atoms with Crippen LogP contribution in [0.5, 0.6) is 0 Å². The van der Waals surface area contributed by atoms with Gasteiger partial charge in [-0.15, -0.1) is 0 Å². The fourth-order valence-corrected chi connectivity index (χ4v) is 2.62. The Morgan fingerprint density at radius 1 is 1.33 bits per heavy atom. The Kier molecular flexibility index (Phi) is 1.63. The van der Waals surface area contributed by atoms with Crippen molar-refractivity contribution >= 4 is 18.5 Å². The predicted octanol–water partition coefficient (Wildman–Crippen LogP) is 0.153. The highest BCUT2D eigenvalue weighted by Gasteiger charge is 2.75. The van der Waals surface area contributed by atoms with Crippen LogP contribution in [0.2, 0.25) is 0 Å². The molecule has 3 aliphatic heterocycles. The van der Waals surface area contributed by atoms with Gasteiger partial charge in [-0.3, -0.25) is 9.59 Å². The van der Waals surface area contributed by atoms with Gasteiger partial charge in [-0.1, -0.05) is 6.92 Å². The molecule has 6 heteroatoms. The summed E-state index contributed by atoms with van der Waals surface area (Å²) >= 11 is 0. The van der Waals surface area contributed by atoms with E-state index in [4.69, 9.17) is 14.0 Å². The van der Waals surface area contributed by atoms with Crippen LogP contribution in [-0.2, 0) is 23.6 Å². The van der Waals surface area contributed by atoms with Gasteiger partial charge in [0.15, 0.2) is 0 Å². The molecular formula is C9H11BO5. The van der Waals surface area contributed by atoms with Crippen LogP contribution in [0.15, 0.2) is 0 Å². The molecule has 0 aromatic carbocycles. The SMILES string of the molecule is CC[C@@H]1OC1[B-]12OC(=O)C[C+]1CC(=O)O2. The highest BCUT2D eigenvalue weighted by molar-refractivity contribution is 6.81. The largest absolute Gasteiger partial charge is 0.612 e. The molecule has 0 radical (unpaired) electrons. The first kappa shape index (κ1) is 9.09. The van der Waals surface area contributed by atoms with E-state index in [9.17, 15) is 9.59 Å². The summed E-state index contributed by atoms with van der Waals surface area (Å²) < 4.78 is 15.8. The van der Waals surface area contributed by atoms with E-state index in [-0.39, 0.29) is 36.9 Å². The molecule has 0 aromatic heterocycles. The van der Waals surface area contributed by atoms with Crippen molar-refractivity contribution < 1.29 is 23.6 Å². The van der Waals surface area contributed by atoms with Crippen LogP contribution in [0.1, 0.15) is 26.2 Å². The molecule has 5 nitrogen and oxygen atoms in total. The van der Waals surface area contributed by atoms with Gasteiger partial charge in [0.25, 0.3) is 0 Å². The summed E-state index contributed by atoms with van der Waals surface area (Å²) in [5.41, 5.74) is 0. The van der Waals surface area contributed by atoms with E-state index in [0.717, 1.165) is 12.2 Å². The Labute approximate surface area is 87.0 Å². The predicted molar refractivity (Wildman–Crippen MR) is 49.4 cm³/mol.